The molecule has 0 saturated carbocycles. The lowest BCUT2D eigenvalue weighted by atomic mass is 10.1. The molecule has 19 heavy (non-hydrogen) atoms. The molecule has 0 aromatic heterocycles. The largest absolute Gasteiger partial charge is 0.495 e. The van der Waals surface area contributed by atoms with E-state index in [9.17, 15) is 0 Å². The lowest BCUT2D eigenvalue weighted by Gasteiger charge is -2.22. The Hall–Kier alpha value is -0.520. The van der Waals surface area contributed by atoms with Gasteiger partial charge in [0.2, 0.25) is 0 Å². The number of aliphatic hydroxyl groups is 2. The molecule has 0 radical (unpaired) electrons. The first kappa shape index (κ1) is 16.5. The number of halogens is 2. The molecule has 6 heteroatoms. The van der Waals surface area contributed by atoms with Gasteiger partial charge in [0, 0.05) is 36.8 Å². The number of methoxy groups -OCH3 is 1. The molecule has 0 fully saturated rings. The number of rotatable bonds is 8. The molecular formula is C13H19Cl2NO3. The van der Waals surface area contributed by atoms with Crippen LogP contribution in [0.15, 0.2) is 12.1 Å². The van der Waals surface area contributed by atoms with E-state index in [1.807, 2.05) is 4.90 Å². The molecule has 0 saturated heterocycles. The number of hydrogen-bond acceptors (Lipinski definition) is 4. The van der Waals surface area contributed by atoms with Gasteiger partial charge in [-0.1, -0.05) is 23.2 Å². The average Bonchev–Trinajstić information content (AvgIpc) is 2.35. The molecule has 1 aromatic carbocycles. The van der Waals surface area contributed by atoms with Crippen LogP contribution in [0, 0.1) is 0 Å². The van der Waals surface area contributed by atoms with Crippen molar-refractivity contribution in [2.24, 2.45) is 0 Å². The van der Waals surface area contributed by atoms with Gasteiger partial charge >= 0.3 is 0 Å². The van der Waals surface area contributed by atoms with Crippen molar-refractivity contribution in [2.75, 3.05) is 33.4 Å². The number of hydrogen-bond donors (Lipinski definition) is 2. The van der Waals surface area contributed by atoms with Gasteiger partial charge in [-0.3, -0.25) is 4.90 Å². The molecule has 0 aliphatic rings. The smallest absolute Gasteiger partial charge is 0.142 e. The van der Waals surface area contributed by atoms with E-state index in [2.05, 4.69) is 0 Å². The standard InChI is InChI=1S/C13H19Cl2NO3/c1-19-13-10(7-11(14)8-12(13)15)9-16(4-6-18)3-2-5-17/h7-8,17-18H,2-6,9H2,1H3. The van der Waals surface area contributed by atoms with Gasteiger partial charge in [0.15, 0.2) is 0 Å². The monoisotopic (exact) mass is 307 g/mol. The molecule has 0 bridgehead atoms. The van der Waals surface area contributed by atoms with E-state index in [4.69, 9.17) is 38.2 Å². The Balaban J connectivity index is 2.87. The van der Waals surface area contributed by atoms with Crippen LogP contribution in [0.4, 0.5) is 0 Å². The van der Waals surface area contributed by atoms with Gasteiger partial charge in [-0.15, -0.1) is 0 Å². The maximum atomic E-state index is 9.06. The predicted octanol–water partition coefficient (Wildman–Crippen LogP) is 2.18. The summed E-state index contributed by atoms with van der Waals surface area (Å²) in [6.07, 6.45) is 0.649. The second-order valence-corrected chi connectivity index (χ2v) is 5.00. The maximum Gasteiger partial charge on any atom is 0.142 e. The minimum absolute atomic E-state index is 0.0576. The number of benzene rings is 1. The summed E-state index contributed by atoms with van der Waals surface area (Å²) in [4.78, 5) is 2.01. The Labute approximate surface area is 123 Å². The summed E-state index contributed by atoms with van der Waals surface area (Å²) in [7, 11) is 1.56. The number of ether oxygens (including phenoxy) is 1. The zero-order valence-corrected chi connectivity index (χ0v) is 12.4. The summed E-state index contributed by atoms with van der Waals surface area (Å²) < 4.78 is 5.29. The van der Waals surface area contributed by atoms with Gasteiger partial charge in [-0.2, -0.15) is 0 Å². The summed E-state index contributed by atoms with van der Waals surface area (Å²) in [6.45, 7) is 1.94. The maximum absolute atomic E-state index is 9.06. The Bertz CT molecular complexity index is 402. The second kappa shape index (κ2) is 8.61. The van der Waals surface area contributed by atoms with Crippen molar-refractivity contribution in [3.8, 4) is 5.75 Å². The lowest BCUT2D eigenvalue weighted by molar-refractivity contribution is 0.173. The van der Waals surface area contributed by atoms with Crippen LogP contribution in [-0.2, 0) is 6.54 Å². The Morgan fingerprint density at radius 2 is 1.89 bits per heavy atom. The highest BCUT2D eigenvalue weighted by Gasteiger charge is 2.13. The SMILES string of the molecule is COc1c(Cl)cc(Cl)cc1CN(CCO)CCCO. The van der Waals surface area contributed by atoms with Gasteiger partial charge in [-0.05, 0) is 18.6 Å². The van der Waals surface area contributed by atoms with E-state index < -0.39 is 0 Å². The van der Waals surface area contributed by atoms with E-state index >= 15 is 0 Å². The molecule has 0 aliphatic heterocycles. The summed E-state index contributed by atoms with van der Waals surface area (Å²) in [5, 5.41) is 19.0. The quantitative estimate of drug-likeness (QED) is 0.773. The van der Waals surface area contributed by atoms with Gasteiger partial charge in [0.05, 0.1) is 18.7 Å². The molecular weight excluding hydrogens is 289 g/mol. The van der Waals surface area contributed by atoms with E-state index in [1.54, 1.807) is 19.2 Å². The Kier molecular flexibility index (Phi) is 7.49. The lowest BCUT2D eigenvalue weighted by Crippen LogP contribution is -2.28. The highest BCUT2D eigenvalue weighted by Crippen LogP contribution is 2.32. The first-order chi connectivity index (χ1) is 9.12. The van der Waals surface area contributed by atoms with Crippen LogP contribution in [0.2, 0.25) is 10.0 Å². The van der Waals surface area contributed by atoms with E-state index in [0.717, 1.165) is 5.56 Å². The highest BCUT2D eigenvalue weighted by molar-refractivity contribution is 6.35. The first-order valence-electron chi connectivity index (χ1n) is 6.08. The van der Waals surface area contributed by atoms with E-state index in [1.165, 1.54) is 0 Å². The molecule has 0 unspecified atom stereocenters. The third-order valence-electron chi connectivity index (χ3n) is 2.73. The molecule has 1 rings (SSSR count). The van der Waals surface area contributed by atoms with Crippen LogP contribution in [-0.4, -0.2) is 48.5 Å². The molecule has 0 spiro atoms. The topological polar surface area (TPSA) is 52.9 Å². The van der Waals surface area contributed by atoms with Gasteiger partial charge in [0.25, 0.3) is 0 Å². The van der Waals surface area contributed by atoms with Crippen molar-refractivity contribution in [3.05, 3.63) is 27.7 Å². The van der Waals surface area contributed by atoms with Crippen molar-refractivity contribution in [1.29, 1.82) is 0 Å². The molecule has 2 N–H and O–H groups in total. The van der Waals surface area contributed by atoms with E-state index in [-0.39, 0.29) is 13.2 Å². The van der Waals surface area contributed by atoms with Crippen LogP contribution in [0.5, 0.6) is 5.75 Å². The van der Waals surface area contributed by atoms with Crippen LogP contribution in [0.25, 0.3) is 0 Å². The van der Waals surface area contributed by atoms with E-state index in [0.29, 0.717) is 41.8 Å². The van der Waals surface area contributed by atoms with Gasteiger partial charge < -0.3 is 14.9 Å². The average molecular weight is 308 g/mol. The van der Waals surface area contributed by atoms with Crippen LogP contribution < -0.4 is 4.74 Å². The summed E-state index contributed by atoms with van der Waals surface area (Å²) in [6, 6.07) is 3.44. The first-order valence-corrected chi connectivity index (χ1v) is 6.84. The van der Waals surface area contributed by atoms with Crippen molar-refractivity contribution < 1.29 is 14.9 Å². The highest BCUT2D eigenvalue weighted by atomic mass is 35.5. The minimum atomic E-state index is 0.0576. The molecule has 0 aliphatic carbocycles. The molecule has 1 aromatic rings. The summed E-state index contributed by atoms with van der Waals surface area (Å²) in [5.74, 6) is 0.595. The molecule has 108 valence electrons. The fourth-order valence-electron chi connectivity index (χ4n) is 1.91. The number of aliphatic hydroxyl groups excluding tert-OH is 2. The Morgan fingerprint density at radius 3 is 2.47 bits per heavy atom. The molecule has 0 amide bonds. The van der Waals surface area contributed by atoms with Crippen molar-refractivity contribution >= 4 is 23.2 Å². The minimum Gasteiger partial charge on any atom is -0.495 e. The fourth-order valence-corrected chi connectivity index (χ4v) is 2.52. The van der Waals surface area contributed by atoms with Crippen LogP contribution in [0.3, 0.4) is 0 Å². The fraction of sp³-hybridized carbons (Fsp3) is 0.538. The van der Waals surface area contributed by atoms with Crippen molar-refractivity contribution in [3.63, 3.8) is 0 Å². The number of nitrogens with zero attached hydrogens (tertiary/aromatic N) is 1. The van der Waals surface area contributed by atoms with Crippen molar-refractivity contribution in [1.82, 2.24) is 4.90 Å². The second-order valence-electron chi connectivity index (χ2n) is 4.16. The molecule has 4 nitrogen and oxygen atoms in total. The van der Waals surface area contributed by atoms with Gasteiger partial charge in [0.1, 0.15) is 5.75 Å². The van der Waals surface area contributed by atoms with Crippen LogP contribution >= 0.6 is 23.2 Å². The van der Waals surface area contributed by atoms with Gasteiger partial charge in [-0.25, -0.2) is 0 Å². The van der Waals surface area contributed by atoms with Crippen LogP contribution in [0.1, 0.15) is 12.0 Å². The zero-order valence-electron chi connectivity index (χ0n) is 10.9. The summed E-state index contributed by atoms with van der Waals surface area (Å²) >= 11 is 12.1. The summed E-state index contributed by atoms with van der Waals surface area (Å²) in [5.41, 5.74) is 0.867. The molecule has 0 atom stereocenters. The molecule has 0 heterocycles. The van der Waals surface area contributed by atoms with Crippen molar-refractivity contribution in [2.45, 2.75) is 13.0 Å². The third-order valence-corrected chi connectivity index (χ3v) is 3.23. The third kappa shape index (κ3) is 5.16. The Morgan fingerprint density at radius 1 is 1.16 bits per heavy atom. The predicted molar refractivity (Wildman–Crippen MR) is 77.1 cm³/mol. The normalized spacial score (nSPS) is 11.1. The zero-order chi connectivity index (χ0) is 14.3.